The van der Waals surface area contributed by atoms with Gasteiger partial charge in [-0.05, 0) is 73.5 Å². The molecular formula is C28H35N3O2S. The number of piperidine rings is 1. The normalized spacial score (nSPS) is 22.1. The number of likely N-dealkylation sites (tertiary alicyclic amines) is 1. The van der Waals surface area contributed by atoms with Crippen LogP contribution >= 0.6 is 11.8 Å². The number of nitrogens with zero attached hydrogens (tertiary/aromatic N) is 2. The van der Waals surface area contributed by atoms with Gasteiger partial charge in [-0.1, -0.05) is 49.9 Å². The molecule has 2 atom stereocenters. The van der Waals surface area contributed by atoms with E-state index < -0.39 is 0 Å². The summed E-state index contributed by atoms with van der Waals surface area (Å²) in [6.45, 7) is 10.7. The molecule has 4 rings (SSSR count). The summed E-state index contributed by atoms with van der Waals surface area (Å²) >= 11 is 1.46. The third kappa shape index (κ3) is 5.73. The molecule has 2 aliphatic heterocycles. The number of anilines is 1. The number of likely N-dealkylation sites (N-methyl/N-ethyl adjacent to an activating group) is 1. The molecule has 0 spiro atoms. The smallest absolute Gasteiger partial charge is 0.264 e. The van der Waals surface area contributed by atoms with Crippen LogP contribution in [0.5, 0.6) is 0 Å². The van der Waals surface area contributed by atoms with Crippen molar-refractivity contribution in [2.45, 2.75) is 38.5 Å². The Kier molecular flexibility index (Phi) is 7.79. The average molecular weight is 478 g/mol. The van der Waals surface area contributed by atoms with E-state index in [1.165, 1.54) is 18.2 Å². The number of fused-ring (bicyclic) bond motifs is 1. The number of amides is 2. The Balaban J connectivity index is 1.37. The maximum atomic E-state index is 13.0. The largest absolute Gasteiger partial charge is 0.352 e. The molecular weight excluding hydrogens is 442 g/mol. The molecule has 5 nitrogen and oxygen atoms in total. The minimum atomic E-state index is -0.0877. The first-order valence-electron chi connectivity index (χ1n) is 12.2. The fourth-order valence-electron chi connectivity index (χ4n) is 5.01. The van der Waals surface area contributed by atoms with Crippen molar-refractivity contribution in [1.82, 2.24) is 10.2 Å². The van der Waals surface area contributed by atoms with Gasteiger partial charge in [-0.2, -0.15) is 0 Å². The quantitative estimate of drug-likeness (QED) is 0.459. The number of rotatable bonds is 6. The first-order chi connectivity index (χ1) is 16.3. The molecule has 2 aromatic carbocycles. The van der Waals surface area contributed by atoms with E-state index in [1.807, 2.05) is 55.5 Å². The number of aryl methyl sites for hydroxylation is 1. The second-order valence-corrected chi connectivity index (χ2v) is 10.9. The lowest BCUT2D eigenvalue weighted by molar-refractivity contribution is -0.114. The second-order valence-electron chi connectivity index (χ2n) is 9.83. The summed E-state index contributed by atoms with van der Waals surface area (Å²) in [5.74, 6) is 1.36. The lowest BCUT2D eigenvalue weighted by Crippen LogP contribution is -2.40. The third-order valence-electron chi connectivity index (χ3n) is 6.67. The van der Waals surface area contributed by atoms with E-state index in [-0.39, 0.29) is 11.8 Å². The number of benzene rings is 2. The molecule has 1 N–H and O–H groups in total. The lowest BCUT2D eigenvalue weighted by Gasteiger charge is -2.34. The first kappa shape index (κ1) is 24.6. The van der Waals surface area contributed by atoms with Crippen LogP contribution in [0.25, 0.3) is 6.08 Å². The molecule has 0 aliphatic carbocycles. The van der Waals surface area contributed by atoms with Crippen molar-refractivity contribution in [3.8, 4) is 0 Å². The molecule has 34 heavy (non-hydrogen) atoms. The minimum absolute atomic E-state index is 0.0525. The highest BCUT2D eigenvalue weighted by atomic mass is 32.2. The first-order valence-corrected chi connectivity index (χ1v) is 13.0. The van der Waals surface area contributed by atoms with Crippen LogP contribution in [0.1, 0.15) is 48.2 Å². The number of carbonyl (C=O) groups is 2. The summed E-state index contributed by atoms with van der Waals surface area (Å²) in [6, 6.07) is 13.7. The SMILES string of the molecule is Cc1ccccc1C=C1Sc2ccc(C(=O)NCCCN3CC(C)CC(C)C3)cc2N(C)C1=O. The summed E-state index contributed by atoms with van der Waals surface area (Å²) in [5.41, 5.74) is 3.54. The number of hydrogen-bond acceptors (Lipinski definition) is 4. The van der Waals surface area contributed by atoms with E-state index >= 15 is 0 Å². The van der Waals surface area contributed by atoms with Gasteiger partial charge in [0.15, 0.2) is 0 Å². The number of carbonyl (C=O) groups excluding carboxylic acids is 2. The van der Waals surface area contributed by atoms with Crippen LogP contribution in [0.2, 0.25) is 0 Å². The second kappa shape index (κ2) is 10.8. The Morgan fingerprint density at radius 3 is 2.62 bits per heavy atom. The zero-order valence-electron chi connectivity index (χ0n) is 20.6. The van der Waals surface area contributed by atoms with Crippen molar-refractivity contribution in [2.24, 2.45) is 11.8 Å². The molecule has 180 valence electrons. The fraction of sp³-hybridized carbons (Fsp3) is 0.429. The molecule has 1 saturated heterocycles. The fourth-order valence-corrected chi connectivity index (χ4v) is 6.09. The van der Waals surface area contributed by atoms with Gasteiger partial charge in [-0.3, -0.25) is 9.59 Å². The van der Waals surface area contributed by atoms with Gasteiger partial charge in [0.25, 0.3) is 11.8 Å². The Bertz CT molecular complexity index is 1090. The van der Waals surface area contributed by atoms with E-state index in [9.17, 15) is 9.59 Å². The molecule has 0 saturated carbocycles. The minimum Gasteiger partial charge on any atom is -0.352 e. The van der Waals surface area contributed by atoms with Crippen LogP contribution in [0.4, 0.5) is 5.69 Å². The number of thioether (sulfide) groups is 1. The van der Waals surface area contributed by atoms with Gasteiger partial charge < -0.3 is 15.1 Å². The van der Waals surface area contributed by atoms with Gasteiger partial charge in [-0.25, -0.2) is 0 Å². The van der Waals surface area contributed by atoms with Crippen molar-refractivity contribution >= 4 is 35.3 Å². The van der Waals surface area contributed by atoms with E-state index in [2.05, 4.69) is 24.1 Å². The molecule has 2 heterocycles. The average Bonchev–Trinajstić information content (AvgIpc) is 2.80. The molecule has 0 radical (unpaired) electrons. The van der Waals surface area contributed by atoms with Gasteiger partial charge in [0.05, 0.1) is 10.6 Å². The summed E-state index contributed by atoms with van der Waals surface area (Å²) in [5, 5.41) is 3.05. The van der Waals surface area contributed by atoms with E-state index in [0.717, 1.165) is 59.6 Å². The van der Waals surface area contributed by atoms with Crippen LogP contribution in [-0.2, 0) is 4.79 Å². The predicted octanol–water partition coefficient (Wildman–Crippen LogP) is 5.20. The molecule has 0 bridgehead atoms. The maximum Gasteiger partial charge on any atom is 0.264 e. The summed E-state index contributed by atoms with van der Waals surface area (Å²) in [4.78, 5) is 31.6. The van der Waals surface area contributed by atoms with Crippen LogP contribution in [0, 0.1) is 18.8 Å². The van der Waals surface area contributed by atoms with Crippen molar-refractivity contribution in [1.29, 1.82) is 0 Å². The summed E-state index contributed by atoms with van der Waals surface area (Å²) < 4.78 is 0. The van der Waals surface area contributed by atoms with Gasteiger partial charge in [-0.15, -0.1) is 0 Å². The molecule has 2 amide bonds. The maximum absolute atomic E-state index is 13.0. The molecule has 0 aromatic heterocycles. The molecule has 2 unspecified atom stereocenters. The summed E-state index contributed by atoms with van der Waals surface area (Å²) in [6.07, 6.45) is 4.20. The molecule has 6 heteroatoms. The highest BCUT2D eigenvalue weighted by molar-refractivity contribution is 8.04. The van der Waals surface area contributed by atoms with E-state index in [4.69, 9.17) is 0 Å². The lowest BCUT2D eigenvalue weighted by atomic mass is 9.92. The number of hydrogen-bond donors (Lipinski definition) is 1. The van der Waals surface area contributed by atoms with Gasteiger partial charge in [0.2, 0.25) is 0 Å². The van der Waals surface area contributed by atoms with Gasteiger partial charge >= 0.3 is 0 Å². The Morgan fingerprint density at radius 2 is 1.88 bits per heavy atom. The Morgan fingerprint density at radius 1 is 1.15 bits per heavy atom. The topological polar surface area (TPSA) is 52.7 Å². The monoisotopic (exact) mass is 477 g/mol. The van der Waals surface area contributed by atoms with E-state index in [0.29, 0.717) is 17.0 Å². The van der Waals surface area contributed by atoms with Crippen LogP contribution < -0.4 is 10.2 Å². The van der Waals surface area contributed by atoms with Crippen molar-refractivity contribution in [3.63, 3.8) is 0 Å². The van der Waals surface area contributed by atoms with Crippen molar-refractivity contribution < 1.29 is 9.59 Å². The van der Waals surface area contributed by atoms with Crippen LogP contribution in [-0.4, -0.2) is 49.9 Å². The van der Waals surface area contributed by atoms with Crippen molar-refractivity contribution in [2.75, 3.05) is 38.1 Å². The Hall–Kier alpha value is -2.57. The summed E-state index contributed by atoms with van der Waals surface area (Å²) in [7, 11) is 1.77. The number of nitrogens with one attached hydrogen (secondary N) is 1. The predicted molar refractivity (Wildman–Crippen MR) is 141 cm³/mol. The van der Waals surface area contributed by atoms with Crippen LogP contribution in [0.3, 0.4) is 0 Å². The third-order valence-corrected chi connectivity index (χ3v) is 7.75. The van der Waals surface area contributed by atoms with Crippen LogP contribution in [0.15, 0.2) is 52.3 Å². The molecule has 2 aromatic rings. The van der Waals surface area contributed by atoms with Crippen molar-refractivity contribution in [3.05, 3.63) is 64.1 Å². The molecule has 1 fully saturated rings. The zero-order valence-corrected chi connectivity index (χ0v) is 21.5. The zero-order chi connectivity index (χ0) is 24.2. The standard InChI is InChI=1S/C28H35N3O2S/c1-19-14-20(2)18-31(17-19)13-7-12-29-27(32)23-10-11-25-24(15-23)30(4)28(33)26(34-25)16-22-9-6-5-8-21(22)3/h5-6,8-11,15-16,19-20H,7,12-14,17-18H2,1-4H3,(H,29,32). The van der Waals surface area contributed by atoms with E-state index in [1.54, 1.807) is 11.9 Å². The highest BCUT2D eigenvalue weighted by Gasteiger charge is 2.27. The Labute approximate surface area is 207 Å². The highest BCUT2D eigenvalue weighted by Crippen LogP contribution is 2.42. The molecule has 2 aliphatic rings. The van der Waals surface area contributed by atoms with Gasteiger partial charge in [0.1, 0.15) is 0 Å². The van der Waals surface area contributed by atoms with Gasteiger partial charge in [0, 0.05) is 37.1 Å².